The number of aryl methyl sites for hydroxylation is 2. The first kappa shape index (κ1) is 20.9. The second kappa shape index (κ2) is 8.82. The van der Waals surface area contributed by atoms with E-state index in [1.165, 1.54) is 12.1 Å². The number of hydrogen-bond donors (Lipinski definition) is 0. The molecular weight excluding hydrogens is 328 g/mol. The molecule has 0 amide bonds. The van der Waals surface area contributed by atoms with Crippen molar-refractivity contribution in [3.05, 3.63) is 67.5 Å². The van der Waals surface area contributed by atoms with Crippen LogP contribution in [0.4, 0.5) is 0 Å². The Hall–Kier alpha value is -3.12. The molecule has 0 saturated carbocycles. The van der Waals surface area contributed by atoms with E-state index in [0.717, 1.165) is 5.69 Å². The van der Waals surface area contributed by atoms with E-state index >= 15 is 0 Å². The molecule has 0 bridgehead atoms. The topological polar surface area (TPSA) is 91.6 Å². The molecule has 26 heavy (non-hydrogen) atoms. The second-order valence-corrected chi connectivity index (χ2v) is 6.64. The Morgan fingerprint density at radius 3 is 1.77 bits per heavy atom. The van der Waals surface area contributed by atoms with Crippen molar-refractivity contribution in [3.63, 3.8) is 0 Å². The first-order valence-electron chi connectivity index (χ1n) is 8.34. The van der Waals surface area contributed by atoms with E-state index in [1.807, 2.05) is 51.4 Å². The van der Waals surface area contributed by atoms with E-state index < -0.39 is 0 Å². The molecule has 0 atom stereocenters. The van der Waals surface area contributed by atoms with Gasteiger partial charge in [0, 0.05) is 49.9 Å². The molecule has 0 aliphatic rings. The van der Waals surface area contributed by atoms with Gasteiger partial charge < -0.3 is 9.13 Å². The van der Waals surface area contributed by atoms with Crippen LogP contribution in [0.1, 0.15) is 62.0 Å². The van der Waals surface area contributed by atoms with E-state index in [-0.39, 0.29) is 28.3 Å². The van der Waals surface area contributed by atoms with E-state index in [9.17, 15) is 9.59 Å². The summed E-state index contributed by atoms with van der Waals surface area (Å²) in [6.45, 7) is 7.76. The van der Waals surface area contributed by atoms with Gasteiger partial charge >= 0.3 is 0 Å². The second-order valence-electron chi connectivity index (χ2n) is 6.64. The summed E-state index contributed by atoms with van der Waals surface area (Å²) in [7, 11) is 3.61. The van der Waals surface area contributed by atoms with E-state index in [1.54, 1.807) is 24.0 Å². The highest BCUT2D eigenvalue weighted by atomic mass is 16.1. The monoisotopic (exact) mass is 352 g/mol. The predicted octanol–water partition coefficient (Wildman–Crippen LogP) is 2.76. The summed E-state index contributed by atoms with van der Waals surface area (Å²) in [6, 6.07) is 6.92. The number of rotatable bonds is 2. The lowest BCUT2D eigenvalue weighted by molar-refractivity contribution is 0.718. The van der Waals surface area contributed by atoms with Crippen LogP contribution in [0.5, 0.6) is 0 Å². The molecule has 0 saturated heterocycles. The van der Waals surface area contributed by atoms with Gasteiger partial charge in [0.25, 0.3) is 0 Å². The SMILES string of the molecule is CC(C)c1c(C#N)c(=O)ccn1C.CC(C)c1c(C#N)n(C)ccc1=O. The zero-order chi connectivity index (χ0) is 20.0. The highest BCUT2D eigenvalue weighted by molar-refractivity contribution is 5.35. The molecule has 2 aromatic heterocycles. The molecule has 0 aliphatic heterocycles. The van der Waals surface area contributed by atoms with Gasteiger partial charge in [-0.15, -0.1) is 0 Å². The molecule has 6 nitrogen and oxygen atoms in total. The van der Waals surface area contributed by atoms with Gasteiger partial charge in [0.05, 0.1) is 0 Å². The minimum absolute atomic E-state index is 0.0512. The van der Waals surface area contributed by atoms with E-state index in [4.69, 9.17) is 10.5 Å². The first-order chi connectivity index (χ1) is 12.1. The van der Waals surface area contributed by atoms with Crippen molar-refractivity contribution in [2.75, 3.05) is 0 Å². The molecule has 0 radical (unpaired) electrons. The molecule has 2 rings (SSSR count). The summed E-state index contributed by atoms with van der Waals surface area (Å²) in [5, 5.41) is 17.7. The fourth-order valence-corrected chi connectivity index (χ4v) is 2.80. The third-order valence-electron chi connectivity index (χ3n) is 4.00. The lowest BCUT2D eigenvalue weighted by Gasteiger charge is -2.12. The fourth-order valence-electron chi connectivity index (χ4n) is 2.80. The summed E-state index contributed by atoms with van der Waals surface area (Å²) in [5.41, 5.74) is 1.89. The third kappa shape index (κ3) is 4.49. The van der Waals surface area contributed by atoms with Crippen molar-refractivity contribution >= 4 is 0 Å². The van der Waals surface area contributed by atoms with E-state index in [2.05, 4.69) is 0 Å². The predicted molar refractivity (Wildman–Crippen MR) is 101 cm³/mol. The standard InChI is InChI=1S/2C10H12N2O/c1-7(2)10-8(6-11)12(3)5-4-9(10)13;1-7(2)10-8(6-11)9(13)4-5-12(10)3/h2*4-5,7H,1-3H3. The number of nitriles is 2. The molecule has 0 aliphatic carbocycles. The van der Waals surface area contributed by atoms with Crippen LogP contribution >= 0.6 is 0 Å². The number of aromatic nitrogens is 2. The molecule has 0 unspecified atom stereocenters. The van der Waals surface area contributed by atoms with E-state index in [0.29, 0.717) is 11.3 Å². The molecular formula is C20H24N4O2. The highest BCUT2D eigenvalue weighted by Crippen LogP contribution is 2.15. The van der Waals surface area contributed by atoms with Gasteiger partial charge in [-0.05, 0) is 11.8 Å². The van der Waals surface area contributed by atoms with Crippen LogP contribution in [0.3, 0.4) is 0 Å². The van der Waals surface area contributed by atoms with Crippen LogP contribution < -0.4 is 10.9 Å². The Morgan fingerprint density at radius 1 is 0.846 bits per heavy atom. The highest BCUT2D eigenvalue weighted by Gasteiger charge is 2.12. The van der Waals surface area contributed by atoms with Crippen LogP contribution in [0.25, 0.3) is 0 Å². The normalized spacial score (nSPS) is 10.1. The summed E-state index contributed by atoms with van der Waals surface area (Å²) in [4.78, 5) is 22.7. The molecule has 0 fully saturated rings. The Kier molecular flexibility index (Phi) is 7.10. The minimum atomic E-state index is -0.190. The maximum Gasteiger partial charge on any atom is 0.199 e. The molecule has 136 valence electrons. The summed E-state index contributed by atoms with van der Waals surface area (Å²) >= 11 is 0. The van der Waals surface area contributed by atoms with Gasteiger partial charge in [0.1, 0.15) is 23.4 Å². The van der Waals surface area contributed by atoms with Gasteiger partial charge in [0.2, 0.25) is 0 Å². The van der Waals surface area contributed by atoms with Crippen LogP contribution in [-0.2, 0) is 14.1 Å². The molecule has 2 aromatic rings. The number of pyridine rings is 2. The Labute approximate surface area is 153 Å². The van der Waals surface area contributed by atoms with Gasteiger partial charge in [-0.1, -0.05) is 27.7 Å². The zero-order valence-corrected chi connectivity index (χ0v) is 16.1. The largest absolute Gasteiger partial charge is 0.353 e. The Bertz CT molecular complexity index is 983. The summed E-state index contributed by atoms with van der Waals surface area (Å²) < 4.78 is 3.50. The summed E-state index contributed by atoms with van der Waals surface area (Å²) in [6.07, 6.45) is 3.31. The summed E-state index contributed by atoms with van der Waals surface area (Å²) in [5.74, 6) is 0.281. The van der Waals surface area contributed by atoms with Crippen molar-refractivity contribution in [2.45, 2.75) is 39.5 Å². The molecule has 2 heterocycles. The number of nitrogens with zero attached hydrogens (tertiary/aromatic N) is 4. The third-order valence-corrected chi connectivity index (χ3v) is 4.00. The Morgan fingerprint density at radius 2 is 1.38 bits per heavy atom. The average Bonchev–Trinajstić information content (AvgIpc) is 2.58. The average molecular weight is 352 g/mol. The van der Waals surface area contributed by atoms with Gasteiger partial charge in [-0.3, -0.25) is 9.59 Å². The molecule has 0 aromatic carbocycles. The van der Waals surface area contributed by atoms with Crippen molar-refractivity contribution in [1.82, 2.24) is 9.13 Å². The number of hydrogen-bond acceptors (Lipinski definition) is 4. The van der Waals surface area contributed by atoms with Crippen LogP contribution in [0.15, 0.2) is 34.1 Å². The lowest BCUT2D eigenvalue weighted by Crippen LogP contribution is -2.16. The minimum Gasteiger partial charge on any atom is -0.353 e. The van der Waals surface area contributed by atoms with Gasteiger partial charge in [-0.25, -0.2) is 0 Å². The Balaban J connectivity index is 0.000000260. The maximum atomic E-state index is 11.4. The van der Waals surface area contributed by atoms with Crippen molar-refractivity contribution < 1.29 is 0 Å². The maximum absolute atomic E-state index is 11.4. The molecule has 6 heteroatoms. The lowest BCUT2D eigenvalue weighted by atomic mass is 10.0. The van der Waals surface area contributed by atoms with Crippen LogP contribution in [0, 0.1) is 22.7 Å². The first-order valence-corrected chi connectivity index (χ1v) is 8.34. The fraction of sp³-hybridized carbons (Fsp3) is 0.400. The van der Waals surface area contributed by atoms with Crippen LogP contribution in [0.2, 0.25) is 0 Å². The smallest absolute Gasteiger partial charge is 0.199 e. The quantitative estimate of drug-likeness (QED) is 0.831. The van der Waals surface area contributed by atoms with Crippen molar-refractivity contribution in [2.24, 2.45) is 14.1 Å². The zero-order valence-electron chi connectivity index (χ0n) is 16.1. The molecule has 0 spiro atoms. The van der Waals surface area contributed by atoms with Gasteiger partial charge in [0.15, 0.2) is 10.9 Å². The van der Waals surface area contributed by atoms with Gasteiger partial charge in [-0.2, -0.15) is 10.5 Å². The van der Waals surface area contributed by atoms with Crippen molar-refractivity contribution in [3.8, 4) is 12.1 Å². The molecule has 0 N–H and O–H groups in total. The van der Waals surface area contributed by atoms with Crippen LogP contribution in [-0.4, -0.2) is 9.13 Å². The van der Waals surface area contributed by atoms with Crippen molar-refractivity contribution in [1.29, 1.82) is 10.5 Å².